The van der Waals surface area contributed by atoms with E-state index in [1.807, 2.05) is 12.1 Å². The Kier molecular flexibility index (Phi) is 8.75. The molecule has 2 aliphatic heterocycles. The molecule has 2 aliphatic rings. The van der Waals surface area contributed by atoms with Crippen molar-refractivity contribution < 1.29 is 14.3 Å². The van der Waals surface area contributed by atoms with Crippen molar-refractivity contribution >= 4 is 5.91 Å². The van der Waals surface area contributed by atoms with E-state index in [9.17, 15) is 4.79 Å². The Morgan fingerprint density at radius 3 is 2.42 bits per heavy atom. The van der Waals surface area contributed by atoms with E-state index in [0.29, 0.717) is 13.1 Å². The van der Waals surface area contributed by atoms with Crippen LogP contribution in [0.15, 0.2) is 48.5 Å². The highest BCUT2D eigenvalue weighted by molar-refractivity contribution is 5.78. The Morgan fingerprint density at radius 1 is 0.970 bits per heavy atom. The zero-order valence-electron chi connectivity index (χ0n) is 19.8. The van der Waals surface area contributed by atoms with Gasteiger partial charge in [0, 0.05) is 32.2 Å². The van der Waals surface area contributed by atoms with Gasteiger partial charge in [0.1, 0.15) is 5.75 Å². The SMILES string of the molecule is COc1ccc([C@@H]2CCCCCN2CC(=O)NCc2ccc(CN3CCOCC3)cc2)cc1. The monoisotopic (exact) mass is 451 g/mol. The van der Waals surface area contributed by atoms with Crippen molar-refractivity contribution in [2.24, 2.45) is 0 Å². The number of carbonyl (C=O) groups excluding carboxylic acids is 1. The van der Waals surface area contributed by atoms with E-state index in [0.717, 1.165) is 63.5 Å². The first-order valence-corrected chi connectivity index (χ1v) is 12.2. The van der Waals surface area contributed by atoms with Crippen LogP contribution in [0, 0.1) is 0 Å². The highest BCUT2D eigenvalue weighted by Gasteiger charge is 2.24. The van der Waals surface area contributed by atoms with Crippen LogP contribution in [0.25, 0.3) is 0 Å². The molecule has 33 heavy (non-hydrogen) atoms. The summed E-state index contributed by atoms with van der Waals surface area (Å²) >= 11 is 0. The molecule has 0 aromatic heterocycles. The first-order valence-electron chi connectivity index (χ1n) is 12.2. The minimum Gasteiger partial charge on any atom is -0.497 e. The van der Waals surface area contributed by atoms with E-state index >= 15 is 0 Å². The second-order valence-corrected chi connectivity index (χ2v) is 9.09. The highest BCUT2D eigenvalue weighted by atomic mass is 16.5. The lowest BCUT2D eigenvalue weighted by molar-refractivity contribution is -0.123. The standard InChI is InChI=1S/C27H37N3O3/c1-32-25-12-10-24(11-13-25)26-5-3-2-4-14-30(26)21-27(31)28-19-22-6-8-23(9-7-22)20-29-15-17-33-18-16-29/h6-13,26H,2-5,14-21H2,1H3,(H,28,31)/t26-/m0/s1. The van der Waals surface area contributed by atoms with Gasteiger partial charge in [-0.05, 0) is 48.2 Å². The fraction of sp³-hybridized carbons (Fsp3) is 0.519. The Bertz CT molecular complexity index is 863. The maximum atomic E-state index is 12.8. The molecule has 178 valence electrons. The van der Waals surface area contributed by atoms with E-state index < -0.39 is 0 Å². The van der Waals surface area contributed by atoms with Gasteiger partial charge in [0.05, 0.1) is 26.9 Å². The molecule has 2 saturated heterocycles. The highest BCUT2D eigenvalue weighted by Crippen LogP contribution is 2.30. The maximum Gasteiger partial charge on any atom is 0.234 e. The quantitative estimate of drug-likeness (QED) is 0.662. The van der Waals surface area contributed by atoms with Crippen LogP contribution in [-0.4, -0.2) is 62.2 Å². The molecule has 0 saturated carbocycles. The van der Waals surface area contributed by atoms with E-state index in [1.165, 1.54) is 24.0 Å². The Balaban J connectivity index is 1.29. The van der Waals surface area contributed by atoms with Crippen LogP contribution in [0.3, 0.4) is 0 Å². The molecule has 0 bridgehead atoms. The number of rotatable bonds is 8. The number of hydrogen-bond donors (Lipinski definition) is 1. The Hall–Kier alpha value is -2.41. The molecule has 1 amide bonds. The van der Waals surface area contributed by atoms with Gasteiger partial charge < -0.3 is 14.8 Å². The molecule has 2 aromatic rings. The summed E-state index contributed by atoms with van der Waals surface area (Å²) in [5, 5.41) is 3.13. The van der Waals surface area contributed by atoms with E-state index in [2.05, 4.69) is 51.5 Å². The lowest BCUT2D eigenvalue weighted by atomic mass is 10.0. The van der Waals surface area contributed by atoms with Crippen molar-refractivity contribution in [1.29, 1.82) is 0 Å². The predicted molar refractivity (Wildman–Crippen MR) is 130 cm³/mol. The first-order chi connectivity index (χ1) is 16.2. The number of amides is 1. The largest absolute Gasteiger partial charge is 0.497 e. The summed E-state index contributed by atoms with van der Waals surface area (Å²) in [4.78, 5) is 17.6. The van der Waals surface area contributed by atoms with Crippen molar-refractivity contribution in [1.82, 2.24) is 15.1 Å². The topological polar surface area (TPSA) is 54.0 Å². The molecule has 2 fully saturated rings. The third-order valence-electron chi connectivity index (χ3n) is 6.73. The lowest BCUT2D eigenvalue weighted by Gasteiger charge is -2.30. The number of ether oxygens (including phenoxy) is 2. The molecule has 0 spiro atoms. The smallest absolute Gasteiger partial charge is 0.234 e. The molecule has 1 N–H and O–H groups in total. The first kappa shape index (κ1) is 23.7. The zero-order valence-corrected chi connectivity index (χ0v) is 19.8. The van der Waals surface area contributed by atoms with Crippen LogP contribution in [0.1, 0.15) is 48.4 Å². The van der Waals surface area contributed by atoms with Gasteiger partial charge in [-0.15, -0.1) is 0 Å². The van der Waals surface area contributed by atoms with Crippen LogP contribution in [0.5, 0.6) is 5.75 Å². The average molecular weight is 452 g/mol. The van der Waals surface area contributed by atoms with Gasteiger partial charge in [-0.2, -0.15) is 0 Å². The van der Waals surface area contributed by atoms with Crippen molar-refractivity contribution in [3.05, 3.63) is 65.2 Å². The minimum absolute atomic E-state index is 0.0906. The Labute approximate surface area is 197 Å². The number of hydrogen-bond acceptors (Lipinski definition) is 5. The van der Waals surface area contributed by atoms with Gasteiger partial charge in [0.2, 0.25) is 5.91 Å². The number of nitrogens with one attached hydrogen (secondary N) is 1. The number of carbonyl (C=O) groups is 1. The van der Waals surface area contributed by atoms with Crippen molar-refractivity contribution in [3.8, 4) is 5.75 Å². The van der Waals surface area contributed by atoms with Gasteiger partial charge >= 0.3 is 0 Å². The van der Waals surface area contributed by atoms with Gasteiger partial charge in [0.25, 0.3) is 0 Å². The van der Waals surface area contributed by atoms with E-state index in [1.54, 1.807) is 7.11 Å². The van der Waals surface area contributed by atoms with Crippen LogP contribution in [0.4, 0.5) is 0 Å². The molecule has 6 heteroatoms. The predicted octanol–water partition coefficient (Wildman–Crippen LogP) is 3.76. The fourth-order valence-electron chi connectivity index (χ4n) is 4.78. The zero-order chi connectivity index (χ0) is 22.9. The molecule has 2 heterocycles. The molecular weight excluding hydrogens is 414 g/mol. The van der Waals surface area contributed by atoms with Crippen LogP contribution in [-0.2, 0) is 22.6 Å². The van der Waals surface area contributed by atoms with Crippen molar-refractivity contribution in [2.75, 3.05) is 46.5 Å². The summed E-state index contributed by atoms with van der Waals surface area (Å²) in [6, 6.07) is 17.2. The summed E-state index contributed by atoms with van der Waals surface area (Å²) in [7, 11) is 1.69. The molecule has 2 aromatic carbocycles. The van der Waals surface area contributed by atoms with Crippen molar-refractivity contribution in [3.63, 3.8) is 0 Å². The minimum atomic E-state index is 0.0906. The Morgan fingerprint density at radius 2 is 1.70 bits per heavy atom. The lowest BCUT2D eigenvalue weighted by Crippen LogP contribution is -2.39. The number of nitrogens with zero attached hydrogens (tertiary/aromatic N) is 2. The summed E-state index contributed by atoms with van der Waals surface area (Å²) in [5.74, 6) is 0.959. The summed E-state index contributed by atoms with van der Waals surface area (Å²) < 4.78 is 10.7. The molecule has 0 radical (unpaired) electrons. The summed E-state index contributed by atoms with van der Waals surface area (Å²) in [5.41, 5.74) is 3.71. The molecule has 6 nitrogen and oxygen atoms in total. The normalized spacial score (nSPS) is 20.2. The second-order valence-electron chi connectivity index (χ2n) is 9.09. The number of morpholine rings is 1. The fourth-order valence-corrected chi connectivity index (χ4v) is 4.78. The molecule has 4 rings (SSSR count). The molecule has 0 unspecified atom stereocenters. The van der Waals surface area contributed by atoms with Gasteiger partial charge in [-0.1, -0.05) is 49.2 Å². The van der Waals surface area contributed by atoms with Crippen molar-refractivity contribution in [2.45, 2.75) is 44.8 Å². The van der Waals surface area contributed by atoms with E-state index in [-0.39, 0.29) is 11.9 Å². The second kappa shape index (κ2) is 12.2. The summed E-state index contributed by atoms with van der Waals surface area (Å²) in [6.45, 7) is 6.54. The van der Waals surface area contributed by atoms with Crippen LogP contribution in [0.2, 0.25) is 0 Å². The van der Waals surface area contributed by atoms with Gasteiger partial charge in [-0.3, -0.25) is 14.6 Å². The molecule has 0 aliphatic carbocycles. The average Bonchev–Trinajstić information content (AvgIpc) is 3.10. The summed E-state index contributed by atoms with van der Waals surface area (Å²) in [6.07, 6.45) is 4.65. The van der Waals surface area contributed by atoms with Gasteiger partial charge in [0.15, 0.2) is 0 Å². The molecule has 1 atom stereocenters. The van der Waals surface area contributed by atoms with Crippen LogP contribution >= 0.6 is 0 Å². The number of benzene rings is 2. The van der Waals surface area contributed by atoms with E-state index in [4.69, 9.17) is 9.47 Å². The van der Waals surface area contributed by atoms with Gasteiger partial charge in [-0.25, -0.2) is 0 Å². The molecular formula is C27H37N3O3. The van der Waals surface area contributed by atoms with Crippen LogP contribution < -0.4 is 10.1 Å². The third kappa shape index (κ3) is 7.03. The number of methoxy groups -OCH3 is 1. The number of likely N-dealkylation sites (tertiary alicyclic amines) is 1. The third-order valence-corrected chi connectivity index (χ3v) is 6.73. The maximum absolute atomic E-state index is 12.8.